The lowest BCUT2D eigenvalue weighted by Gasteiger charge is -2.35. The van der Waals surface area contributed by atoms with E-state index in [1.807, 2.05) is 27.9 Å². The van der Waals surface area contributed by atoms with Crippen LogP contribution in [0.3, 0.4) is 0 Å². The molecule has 5 heterocycles. The van der Waals surface area contributed by atoms with Gasteiger partial charge in [0.15, 0.2) is 0 Å². The highest BCUT2D eigenvalue weighted by Crippen LogP contribution is 2.33. The van der Waals surface area contributed by atoms with Gasteiger partial charge in [-0.05, 0) is 17.7 Å². The first-order valence-corrected chi connectivity index (χ1v) is 9.77. The van der Waals surface area contributed by atoms with E-state index in [1.54, 1.807) is 12.5 Å². The number of fused-ring (bicyclic) bond motifs is 2. The van der Waals surface area contributed by atoms with E-state index in [2.05, 4.69) is 31.4 Å². The van der Waals surface area contributed by atoms with Crippen LogP contribution in [0.2, 0.25) is 0 Å². The number of aromatic nitrogens is 5. The summed E-state index contributed by atoms with van der Waals surface area (Å²) in [5, 5.41) is 8.00. The largest absolute Gasteiger partial charge is 0.348 e. The summed E-state index contributed by atoms with van der Waals surface area (Å²) in [5.74, 6) is 0.131. The second kappa shape index (κ2) is 7.20. The Morgan fingerprint density at radius 3 is 3.14 bits per heavy atom. The third-order valence-electron chi connectivity index (χ3n) is 5.56. The van der Waals surface area contributed by atoms with Crippen molar-refractivity contribution < 1.29 is 4.79 Å². The zero-order valence-corrected chi connectivity index (χ0v) is 15.6. The molecule has 0 saturated carbocycles. The maximum absolute atomic E-state index is 13.2. The molecular weight excluding hydrogens is 354 g/mol. The molecule has 5 rings (SSSR count). The number of hydrogen-bond donors (Lipinski definition) is 2. The highest BCUT2D eigenvalue weighted by molar-refractivity contribution is 5.77. The minimum atomic E-state index is -0.185. The molecule has 28 heavy (non-hydrogen) atoms. The number of nitrogens with one attached hydrogen (secondary N) is 2. The van der Waals surface area contributed by atoms with Crippen LogP contribution < -0.4 is 5.32 Å². The number of pyridine rings is 1. The quantitative estimate of drug-likeness (QED) is 0.713. The third kappa shape index (κ3) is 3.09. The lowest BCUT2D eigenvalue weighted by atomic mass is 9.96. The van der Waals surface area contributed by atoms with Gasteiger partial charge in [-0.25, -0.2) is 4.98 Å². The van der Waals surface area contributed by atoms with Crippen LogP contribution in [0.1, 0.15) is 40.8 Å². The topological polar surface area (TPSA) is 91.7 Å². The van der Waals surface area contributed by atoms with Crippen LogP contribution in [-0.4, -0.2) is 48.6 Å². The van der Waals surface area contributed by atoms with Crippen LogP contribution in [0.5, 0.6) is 0 Å². The Morgan fingerprint density at radius 2 is 2.29 bits per heavy atom. The molecule has 3 aromatic rings. The van der Waals surface area contributed by atoms with Gasteiger partial charge in [0.1, 0.15) is 6.04 Å². The Hall–Kier alpha value is -3.00. The summed E-state index contributed by atoms with van der Waals surface area (Å²) in [4.78, 5) is 27.1. The summed E-state index contributed by atoms with van der Waals surface area (Å²) in [7, 11) is 0. The second-order valence-corrected chi connectivity index (χ2v) is 7.32. The average molecular weight is 377 g/mol. The zero-order chi connectivity index (χ0) is 18.9. The molecule has 1 amide bonds. The molecule has 2 N–H and O–H groups in total. The van der Waals surface area contributed by atoms with Crippen LogP contribution in [0, 0.1) is 0 Å². The standard InChI is InChI=1S/C20H23N7O/c28-18(4-3-15-10-16-12-22-7-9-27(16)25-15)26-8-5-17-19(24-13-23-17)20(26)14-2-1-6-21-11-14/h1-2,6,10-11,13,20,22H,3-5,7-9,12H2,(H,23,24)/t20-/m1/s1. The first-order valence-electron chi connectivity index (χ1n) is 9.77. The summed E-state index contributed by atoms with van der Waals surface area (Å²) in [6, 6.07) is 5.84. The predicted molar refractivity (Wildman–Crippen MR) is 102 cm³/mol. The lowest BCUT2D eigenvalue weighted by molar-refractivity contribution is -0.133. The summed E-state index contributed by atoms with van der Waals surface area (Å²) < 4.78 is 2.05. The number of nitrogens with zero attached hydrogens (tertiary/aromatic N) is 5. The summed E-state index contributed by atoms with van der Waals surface area (Å²) >= 11 is 0. The van der Waals surface area contributed by atoms with E-state index < -0.39 is 0 Å². The van der Waals surface area contributed by atoms with Gasteiger partial charge in [-0.1, -0.05) is 6.07 Å². The van der Waals surface area contributed by atoms with Gasteiger partial charge < -0.3 is 15.2 Å². The molecule has 2 aliphatic rings. The van der Waals surface area contributed by atoms with Crippen LogP contribution in [0.25, 0.3) is 0 Å². The smallest absolute Gasteiger partial charge is 0.223 e. The van der Waals surface area contributed by atoms with Gasteiger partial charge in [0.2, 0.25) is 5.91 Å². The van der Waals surface area contributed by atoms with E-state index in [0.29, 0.717) is 19.4 Å². The monoisotopic (exact) mass is 377 g/mol. The zero-order valence-electron chi connectivity index (χ0n) is 15.6. The fraction of sp³-hybridized carbons (Fsp3) is 0.400. The number of rotatable bonds is 4. The van der Waals surface area contributed by atoms with Gasteiger partial charge in [-0.3, -0.25) is 14.5 Å². The number of aromatic amines is 1. The minimum Gasteiger partial charge on any atom is -0.348 e. The first-order chi connectivity index (χ1) is 13.8. The van der Waals surface area contributed by atoms with Gasteiger partial charge in [-0.15, -0.1) is 0 Å². The number of H-pyrrole nitrogens is 1. The molecule has 0 unspecified atom stereocenters. The molecule has 8 nitrogen and oxygen atoms in total. The van der Waals surface area contributed by atoms with E-state index in [4.69, 9.17) is 0 Å². The normalized spacial score (nSPS) is 18.6. The fourth-order valence-electron chi connectivity index (χ4n) is 4.17. The molecule has 0 spiro atoms. The van der Waals surface area contributed by atoms with Gasteiger partial charge in [0.05, 0.1) is 30.0 Å². The van der Waals surface area contributed by atoms with Crippen molar-refractivity contribution in [2.45, 2.75) is 38.4 Å². The van der Waals surface area contributed by atoms with E-state index >= 15 is 0 Å². The molecule has 0 bridgehead atoms. The van der Waals surface area contributed by atoms with E-state index in [0.717, 1.165) is 48.7 Å². The Balaban J connectivity index is 1.35. The van der Waals surface area contributed by atoms with E-state index in [9.17, 15) is 4.79 Å². The fourth-order valence-corrected chi connectivity index (χ4v) is 4.17. The minimum absolute atomic E-state index is 0.131. The predicted octanol–water partition coefficient (Wildman–Crippen LogP) is 1.21. The molecule has 0 fully saturated rings. The molecule has 0 aliphatic carbocycles. The van der Waals surface area contributed by atoms with Crippen LogP contribution in [0.15, 0.2) is 36.9 Å². The Morgan fingerprint density at radius 1 is 1.32 bits per heavy atom. The van der Waals surface area contributed by atoms with Crippen molar-refractivity contribution in [2.75, 3.05) is 13.1 Å². The SMILES string of the molecule is O=C(CCc1cc2n(n1)CCNC2)N1CCc2[nH]cnc2[C@H]1c1cccnc1. The molecule has 0 aromatic carbocycles. The number of hydrogen-bond acceptors (Lipinski definition) is 5. The molecule has 0 radical (unpaired) electrons. The van der Waals surface area contributed by atoms with Crippen molar-refractivity contribution in [3.05, 3.63) is 65.3 Å². The van der Waals surface area contributed by atoms with Gasteiger partial charge in [0.25, 0.3) is 0 Å². The van der Waals surface area contributed by atoms with Crippen molar-refractivity contribution in [3.8, 4) is 0 Å². The number of aryl methyl sites for hydroxylation is 1. The molecule has 8 heteroatoms. The molecule has 1 atom stereocenters. The van der Waals surface area contributed by atoms with Crippen LogP contribution in [0.4, 0.5) is 0 Å². The van der Waals surface area contributed by atoms with Crippen molar-refractivity contribution in [1.82, 2.24) is 34.9 Å². The first kappa shape index (κ1) is 17.1. The Bertz CT molecular complexity index is 954. The van der Waals surface area contributed by atoms with Gasteiger partial charge in [0, 0.05) is 57.0 Å². The lowest BCUT2D eigenvalue weighted by Crippen LogP contribution is -2.40. The van der Waals surface area contributed by atoms with Crippen LogP contribution >= 0.6 is 0 Å². The number of amides is 1. The number of carbonyl (C=O) groups excluding carboxylic acids is 1. The highest BCUT2D eigenvalue weighted by atomic mass is 16.2. The summed E-state index contributed by atoms with van der Waals surface area (Å²) in [5.41, 5.74) is 5.21. The molecule has 2 aliphatic heterocycles. The molecule has 144 valence electrons. The second-order valence-electron chi connectivity index (χ2n) is 7.32. The van der Waals surface area contributed by atoms with E-state index in [-0.39, 0.29) is 11.9 Å². The molecule has 0 saturated heterocycles. The van der Waals surface area contributed by atoms with Crippen LogP contribution in [-0.2, 0) is 30.7 Å². The maximum atomic E-state index is 13.2. The van der Waals surface area contributed by atoms with Gasteiger partial charge in [-0.2, -0.15) is 5.10 Å². The van der Waals surface area contributed by atoms with Crippen molar-refractivity contribution in [2.24, 2.45) is 0 Å². The van der Waals surface area contributed by atoms with Gasteiger partial charge >= 0.3 is 0 Å². The van der Waals surface area contributed by atoms with Crippen molar-refractivity contribution in [1.29, 1.82) is 0 Å². The highest BCUT2D eigenvalue weighted by Gasteiger charge is 2.34. The Kier molecular flexibility index (Phi) is 4.40. The van der Waals surface area contributed by atoms with Crippen molar-refractivity contribution >= 4 is 5.91 Å². The third-order valence-corrected chi connectivity index (χ3v) is 5.56. The maximum Gasteiger partial charge on any atom is 0.223 e. The number of carbonyl (C=O) groups is 1. The molecular formula is C20H23N7O. The Labute approximate surface area is 163 Å². The number of imidazole rings is 1. The van der Waals surface area contributed by atoms with E-state index in [1.165, 1.54) is 5.69 Å². The summed E-state index contributed by atoms with van der Waals surface area (Å²) in [6.07, 6.45) is 7.18. The molecule has 3 aromatic heterocycles. The average Bonchev–Trinajstić information content (AvgIpc) is 3.38. The summed E-state index contributed by atoms with van der Waals surface area (Å²) in [6.45, 7) is 3.36. The van der Waals surface area contributed by atoms with Crippen molar-refractivity contribution in [3.63, 3.8) is 0 Å².